The molecule has 0 spiro atoms. The summed E-state index contributed by atoms with van der Waals surface area (Å²) >= 11 is 0. The lowest BCUT2D eigenvalue weighted by Crippen LogP contribution is -2.56. The first-order valence-electron chi connectivity index (χ1n) is 8.04. The van der Waals surface area contributed by atoms with E-state index in [1.807, 2.05) is 0 Å². The van der Waals surface area contributed by atoms with E-state index in [0.717, 1.165) is 19.5 Å². The number of hydrogen-bond acceptors (Lipinski definition) is 4. The topological polar surface area (TPSA) is 58.6 Å². The molecule has 0 radical (unpaired) electrons. The Labute approximate surface area is 138 Å². The van der Waals surface area contributed by atoms with E-state index in [9.17, 15) is 8.42 Å². The Balaban J connectivity index is 1.62. The van der Waals surface area contributed by atoms with Gasteiger partial charge in [-0.1, -0.05) is 6.08 Å². The van der Waals surface area contributed by atoms with E-state index >= 15 is 0 Å². The summed E-state index contributed by atoms with van der Waals surface area (Å²) in [6.45, 7) is 6.45. The molecule has 126 valence electrons. The van der Waals surface area contributed by atoms with Gasteiger partial charge in [-0.25, -0.2) is 13.1 Å². The highest BCUT2D eigenvalue weighted by atomic mass is 32.2. The van der Waals surface area contributed by atoms with E-state index in [1.54, 1.807) is 31.4 Å². The van der Waals surface area contributed by atoms with E-state index in [2.05, 4.69) is 22.3 Å². The minimum absolute atomic E-state index is 0.276. The number of methoxy groups -OCH3 is 1. The van der Waals surface area contributed by atoms with Crippen molar-refractivity contribution in [2.75, 3.05) is 26.7 Å². The van der Waals surface area contributed by atoms with Gasteiger partial charge in [-0.2, -0.15) is 0 Å². The van der Waals surface area contributed by atoms with Crippen molar-refractivity contribution in [3.63, 3.8) is 0 Å². The van der Waals surface area contributed by atoms with E-state index < -0.39 is 10.0 Å². The Morgan fingerprint density at radius 1 is 1.39 bits per heavy atom. The van der Waals surface area contributed by atoms with Crippen LogP contribution < -0.4 is 9.46 Å². The van der Waals surface area contributed by atoms with Gasteiger partial charge in [0.15, 0.2) is 0 Å². The van der Waals surface area contributed by atoms with Crippen LogP contribution in [0.2, 0.25) is 0 Å². The third kappa shape index (κ3) is 3.44. The smallest absolute Gasteiger partial charge is 0.240 e. The van der Waals surface area contributed by atoms with Gasteiger partial charge in [0.2, 0.25) is 10.0 Å². The highest BCUT2D eigenvalue weighted by Gasteiger charge is 2.38. The van der Waals surface area contributed by atoms with Crippen molar-refractivity contribution >= 4 is 10.0 Å². The van der Waals surface area contributed by atoms with E-state index in [1.165, 1.54) is 6.42 Å². The molecule has 6 heteroatoms. The Bertz CT molecular complexity index is 657. The van der Waals surface area contributed by atoms with Gasteiger partial charge in [-0.3, -0.25) is 4.90 Å². The van der Waals surface area contributed by atoms with Crippen LogP contribution in [0.3, 0.4) is 0 Å². The first-order valence-corrected chi connectivity index (χ1v) is 9.52. The van der Waals surface area contributed by atoms with Crippen molar-refractivity contribution in [3.05, 3.63) is 36.9 Å². The lowest BCUT2D eigenvalue weighted by molar-refractivity contribution is 0.0218. The van der Waals surface area contributed by atoms with Crippen LogP contribution in [0.15, 0.2) is 41.8 Å². The first-order chi connectivity index (χ1) is 11.0. The summed E-state index contributed by atoms with van der Waals surface area (Å²) in [6, 6.07) is 6.76. The summed E-state index contributed by atoms with van der Waals surface area (Å²) in [7, 11) is -1.91. The normalized spacial score (nSPS) is 30.1. The van der Waals surface area contributed by atoms with E-state index in [4.69, 9.17) is 4.74 Å². The molecule has 0 amide bonds. The number of sulfonamides is 1. The maximum Gasteiger partial charge on any atom is 0.240 e. The number of benzene rings is 1. The molecule has 3 aliphatic heterocycles. The van der Waals surface area contributed by atoms with Crippen LogP contribution >= 0.6 is 0 Å². The molecule has 0 aliphatic carbocycles. The lowest BCUT2D eigenvalue weighted by atomic mass is 9.76. The molecule has 0 aromatic heterocycles. The van der Waals surface area contributed by atoms with Crippen LogP contribution in [0.5, 0.6) is 5.75 Å². The van der Waals surface area contributed by atoms with Crippen molar-refractivity contribution in [1.82, 2.24) is 9.62 Å². The number of nitrogens with zero attached hydrogens (tertiary/aromatic N) is 1. The van der Waals surface area contributed by atoms with Crippen molar-refractivity contribution in [2.45, 2.75) is 23.8 Å². The molecule has 3 heterocycles. The Kier molecular flexibility index (Phi) is 4.75. The number of piperidine rings is 3. The van der Waals surface area contributed by atoms with Crippen LogP contribution in [0, 0.1) is 11.8 Å². The minimum atomic E-state index is -3.47. The second-order valence-electron chi connectivity index (χ2n) is 6.36. The third-order valence-electron chi connectivity index (χ3n) is 5.11. The zero-order valence-electron chi connectivity index (χ0n) is 13.4. The van der Waals surface area contributed by atoms with Crippen LogP contribution in [0.4, 0.5) is 0 Å². The Hall–Kier alpha value is -1.37. The maximum absolute atomic E-state index is 12.4. The molecule has 0 saturated carbocycles. The molecule has 1 aromatic carbocycles. The predicted octanol–water partition coefficient (Wildman–Crippen LogP) is 1.87. The van der Waals surface area contributed by atoms with Crippen LogP contribution in [0.1, 0.15) is 12.8 Å². The van der Waals surface area contributed by atoms with Gasteiger partial charge in [-0.15, -0.1) is 6.58 Å². The largest absolute Gasteiger partial charge is 0.497 e. The quantitative estimate of drug-likeness (QED) is 0.806. The molecular formula is C17H24N2O3S. The van der Waals surface area contributed by atoms with Gasteiger partial charge < -0.3 is 4.74 Å². The number of hydrogen-bond donors (Lipinski definition) is 1. The van der Waals surface area contributed by atoms with E-state index in [-0.39, 0.29) is 10.9 Å². The molecule has 4 unspecified atom stereocenters. The molecule has 1 aromatic rings. The summed E-state index contributed by atoms with van der Waals surface area (Å²) in [5.74, 6) is 1.85. The van der Waals surface area contributed by atoms with Gasteiger partial charge >= 0.3 is 0 Å². The summed E-state index contributed by atoms with van der Waals surface area (Å²) in [6.07, 6.45) is 4.29. The number of nitrogens with one attached hydrogen (secondary N) is 1. The van der Waals surface area contributed by atoms with Crippen molar-refractivity contribution < 1.29 is 13.2 Å². The number of rotatable bonds is 6. The van der Waals surface area contributed by atoms with Gasteiger partial charge in [0, 0.05) is 19.1 Å². The van der Waals surface area contributed by atoms with E-state index in [0.29, 0.717) is 24.1 Å². The molecule has 1 N–H and O–H groups in total. The molecule has 4 rings (SSSR count). The van der Waals surface area contributed by atoms with Gasteiger partial charge in [0.25, 0.3) is 0 Å². The van der Waals surface area contributed by atoms with Gasteiger partial charge in [0.1, 0.15) is 5.75 Å². The average molecular weight is 336 g/mol. The van der Waals surface area contributed by atoms with Crippen molar-refractivity contribution in [2.24, 2.45) is 11.8 Å². The zero-order valence-corrected chi connectivity index (χ0v) is 14.3. The number of ether oxygens (including phenoxy) is 1. The molecule has 23 heavy (non-hydrogen) atoms. The fraction of sp³-hybridized carbons (Fsp3) is 0.529. The monoisotopic (exact) mass is 336 g/mol. The summed E-state index contributed by atoms with van der Waals surface area (Å²) < 4.78 is 32.7. The number of fused-ring (bicyclic) bond motifs is 3. The minimum Gasteiger partial charge on any atom is -0.497 e. The third-order valence-corrected chi connectivity index (χ3v) is 6.55. The van der Waals surface area contributed by atoms with Gasteiger partial charge in [0.05, 0.1) is 12.0 Å². The average Bonchev–Trinajstić information content (AvgIpc) is 2.60. The summed E-state index contributed by atoms with van der Waals surface area (Å²) in [5.41, 5.74) is 0. The highest BCUT2D eigenvalue weighted by molar-refractivity contribution is 7.89. The fourth-order valence-corrected chi connectivity index (χ4v) is 4.78. The van der Waals surface area contributed by atoms with Crippen molar-refractivity contribution in [1.29, 1.82) is 0 Å². The standard InChI is InChI=1S/C17H24N2O3S/c1-3-13-12-19-9-8-14(13)10-15(19)11-18-23(20,21)17-6-4-16(22-2)5-7-17/h3-7,13-15,18H,1,8-12H2,2H3. The SMILES string of the molecule is C=CC1CN2CCC1CC2CNS(=O)(=O)c1ccc(OC)cc1. The Morgan fingerprint density at radius 2 is 2.13 bits per heavy atom. The van der Waals surface area contributed by atoms with Crippen molar-refractivity contribution in [3.8, 4) is 5.75 Å². The molecule has 3 fully saturated rings. The molecule has 4 atom stereocenters. The lowest BCUT2D eigenvalue weighted by Gasteiger charge is -2.49. The van der Waals surface area contributed by atoms with Gasteiger partial charge in [-0.05, 0) is 55.5 Å². The fourth-order valence-electron chi connectivity index (χ4n) is 3.70. The molecule has 3 aliphatic rings. The maximum atomic E-state index is 12.4. The summed E-state index contributed by atoms with van der Waals surface area (Å²) in [5, 5.41) is 0. The molecule has 5 nitrogen and oxygen atoms in total. The second kappa shape index (κ2) is 6.63. The molecule has 3 saturated heterocycles. The highest BCUT2D eigenvalue weighted by Crippen LogP contribution is 2.36. The molecule has 2 bridgehead atoms. The predicted molar refractivity (Wildman–Crippen MR) is 90.0 cm³/mol. The Morgan fingerprint density at radius 3 is 2.70 bits per heavy atom. The van der Waals surface area contributed by atoms with Crippen LogP contribution in [-0.4, -0.2) is 46.1 Å². The van der Waals surface area contributed by atoms with Crippen LogP contribution in [0.25, 0.3) is 0 Å². The summed E-state index contributed by atoms with van der Waals surface area (Å²) in [4.78, 5) is 2.67. The second-order valence-corrected chi connectivity index (χ2v) is 8.13. The first kappa shape index (κ1) is 16.5. The molecular weight excluding hydrogens is 312 g/mol. The van der Waals surface area contributed by atoms with Crippen LogP contribution in [-0.2, 0) is 10.0 Å². The zero-order chi connectivity index (χ0) is 16.4.